The Morgan fingerprint density at radius 1 is 1.11 bits per heavy atom. The topological polar surface area (TPSA) is 116 Å². The van der Waals surface area contributed by atoms with Crippen LogP contribution in [-0.2, 0) is 0 Å². The summed E-state index contributed by atoms with van der Waals surface area (Å²) in [4.78, 5) is 8.51. The second-order valence-corrected chi connectivity index (χ2v) is 7.04. The minimum absolute atomic E-state index is 0.176. The first kappa shape index (κ1) is 17.3. The summed E-state index contributed by atoms with van der Waals surface area (Å²) >= 11 is 0. The molecule has 2 aromatic heterocycles. The summed E-state index contributed by atoms with van der Waals surface area (Å²) in [6.45, 7) is 1.99. The molecule has 0 bridgehead atoms. The van der Waals surface area contributed by atoms with Crippen LogP contribution in [0.4, 0.5) is 11.5 Å². The first-order chi connectivity index (χ1) is 13.0. The van der Waals surface area contributed by atoms with Gasteiger partial charge in [0, 0.05) is 11.3 Å². The number of aromatic nitrogens is 4. The second-order valence-electron chi connectivity index (χ2n) is 7.04. The van der Waals surface area contributed by atoms with Crippen LogP contribution in [0.25, 0.3) is 11.0 Å². The third-order valence-electron chi connectivity index (χ3n) is 5.11. The number of aliphatic hydroxyl groups excluding tert-OH is 1. The Hall–Kier alpha value is -3.11. The van der Waals surface area contributed by atoms with Crippen molar-refractivity contribution in [3.8, 4) is 11.8 Å². The number of fused-ring (bicyclic) bond motifs is 1. The number of hydrogen-bond donors (Lipinski definition) is 3. The van der Waals surface area contributed by atoms with Gasteiger partial charge in [0.25, 0.3) is 0 Å². The van der Waals surface area contributed by atoms with Gasteiger partial charge in [-0.1, -0.05) is 12.0 Å². The normalized spacial score (nSPS) is 19.6. The molecule has 7 heteroatoms. The molecule has 0 unspecified atom stereocenters. The Bertz CT molecular complexity index is 1050. The zero-order valence-corrected chi connectivity index (χ0v) is 15.2. The van der Waals surface area contributed by atoms with E-state index in [4.69, 9.17) is 16.6 Å². The van der Waals surface area contributed by atoms with Crippen LogP contribution in [-0.4, -0.2) is 31.0 Å². The lowest BCUT2D eigenvalue weighted by Gasteiger charge is -2.25. The van der Waals surface area contributed by atoms with E-state index in [1.54, 1.807) is 0 Å². The molecule has 138 valence electrons. The predicted molar refractivity (Wildman–Crippen MR) is 105 cm³/mol. The predicted octanol–water partition coefficient (Wildman–Crippen LogP) is 2.17. The fourth-order valence-electron chi connectivity index (χ4n) is 3.54. The summed E-state index contributed by atoms with van der Waals surface area (Å²) in [5, 5.41) is 15.2. The number of nitrogens with two attached hydrogens (primary N) is 2. The van der Waals surface area contributed by atoms with Crippen LogP contribution < -0.4 is 11.5 Å². The van der Waals surface area contributed by atoms with Gasteiger partial charge in [0.1, 0.15) is 17.8 Å². The van der Waals surface area contributed by atoms with Crippen LogP contribution >= 0.6 is 0 Å². The van der Waals surface area contributed by atoms with Gasteiger partial charge in [-0.25, -0.2) is 14.6 Å². The van der Waals surface area contributed by atoms with Crippen LogP contribution in [0.1, 0.15) is 48.5 Å². The lowest BCUT2D eigenvalue weighted by Crippen LogP contribution is -2.22. The molecule has 1 fully saturated rings. The van der Waals surface area contributed by atoms with E-state index in [0.717, 1.165) is 36.8 Å². The molecule has 0 saturated heterocycles. The van der Waals surface area contributed by atoms with Crippen LogP contribution in [0.5, 0.6) is 0 Å². The second kappa shape index (κ2) is 6.89. The Morgan fingerprint density at radius 2 is 1.89 bits per heavy atom. The van der Waals surface area contributed by atoms with Crippen molar-refractivity contribution in [1.82, 2.24) is 19.7 Å². The summed E-state index contributed by atoms with van der Waals surface area (Å²) in [5.74, 6) is 6.66. The average Bonchev–Trinajstić information content (AvgIpc) is 3.03. The Morgan fingerprint density at radius 3 is 2.67 bits per heavy atom. The summed E-state index contributed by atoms with van der Waals surface area (Å²) in [6, 6.07) is 5.83. The van der Waals surface area contributed by atoms with Crippen molar-refractivity contribution in [1.29, 1.82) is 0 Å². The molecular weight excluding hydrogens is 340 g/mol. The first-order valence-corrected chi connectivity index (χ1v) is 9.08. The third kappa shape index (κ3) is 3.32. The van der Waals surface area contributed by atoms with Crippen LogP contribution in [0.3, 0.4) is 0 Å². The molecule has 3 aromatic rings. The lowest BCUT2D eigenvalue weighted by atomic mass is 9.93. The number of rotatable bonds is 1. The molecule has 0 radical (unpaired) electrons. The van der Waals surface area contributed by atoms with E-state index in [-0.39, 0.29) is 12.1 Å². The fourth-order valence-corrected chi connectivity index (χ4v) is 3.54. The molecule has 2 heterocycles. The van der Waals surface area contributed by atoms with Crippen LogP contribution in [0, 0.1) is 18.8 Å². The molecular formula is C20H22N6O. The van der Waals surface area contributed by atoms with Crippen molar-refractivity contribution >= 4 is 22.5 Å². The van der Waals surface area contributed by atoms with Gasteiger partial charge in [0.2, 0.25) is 0 Å². The molecule has 0 atom stereocenters. The maximum absolute atomic E-state index is 9.79. The zero-order valence-electron chi connectivity index (χ0n) is 15.2. The molecule has 0 amide bonds. The van der Waals surface area contributed by atoms with Gasteiger partial charge < -0.3 is 16.6 Å². The van der Waals surface area contributed by atoms with Gasteiger partial charge in [-0.05, 0) is 56.2 Å². The van der Waals surface area contributed by atoms with Crippen molar-refractivity contribution in [3.05, 3.63) is 41.3 Å². The van der Waals surface area contributed by atoms with Crippen molar-refractivity contribution in [3.63, 3.8) is 0 Å². The fraction of sp³-hybridized carbons (Fsp3) is 0.350. The lowest BCUT2D eigenvalue weighted by molar-refractivity contribution is 0.109. The first-order valence-electron chi connectivity index (χ1n) is 9.08. The summed E-state index contributed by atoms with van der Waals surface area (Å²) < 4.78 is 1.90. The van der Waals surface area contributed by atoms with Crippen molar-refractivity contribution in [2.24, 2.45) is 0 Å². The van der Waals surface area contributed by atoms with Gasteiger partial charge in [-0.15, -0.1) is 0 Å². The Kier molecular flexibility index (Phi) is 4.42. The third-order valence-corrected chi connectivity index (χ3v) is 5.11. The SMILES string of the molecule is Cc1ccc(N)cc1C#Cc1nn(C2CCC(O)CC2)c2ncnc(N)c12. The number of aliphatic hydroxyl groups is 1. The number of hydrogen-bond acceptors (Lipinski definition) is 6. The van der Waals surface area contributed by atoms with E-state index in [9.17, 15) is 5.11 Å². The highest BCUT2D eigenvalue weighted by Crippen LogP contribution is 2.32. The quantitative estimate of drug-likeness (QED) is 0.451. The zero-order chi connectivity index (χ0) is 19.0. The van der Waals surface area contributed by atoms with Gasteiger partial charge >= 0.3 is 0 Å². The molecule has 1 aliphatic carbocycles. The van der Waals surface area contributed by atoms with E-state index in [2.05, 4.69) is 21.8 Å². The number of anilines is 2. The summed E-state index contributed by atoms with van der Waals surface area (Å²) in [7, 11) is 0. The minimum Gasteiger partial charge on any atom is -0.399 e. The van der Waals surface area contributed by atoms with E-state index in [1.165, 1.54) is 6.33 Å². The van der Waals surface area contributed by atoms with Gasteiger partial charge in [-0.3, -0.25) is 0 Å². The molecule has 27 heavy (non-hydrogen) atoms. The van der Waals surface area contributed by atoms with Crippen LogP contribution in [0.15, 0.2) is 24.5 Å². The smallest absolute Gasteiger partial charge is 0.164 e. The van der Waals surface area contributed by atoms with E-state index < -0.39 is 0 Å². The molecule has 0 aliphatic heterocycles. The maximum Gasteiger partial charge on any atom is 0.164 e. The van der Waals surface area contributed by atoms with Gasteiger partial charge in [0.05, 0.1) is 17.5 Å². The molecule has 1 aromatic carbocycles. The molecule has 4 rings (SSSR count). The highest BCUT2D eigenvalue weighted by Gasteiger charge is 2.25. The standard InChI is InChI=1S/C20H22N6O/c1-12-2-4-14(21)10-13(12)3-9-17-18-19(22)23-11-24-20(18)26(25-17)15-5-7-16(27)8-6-15/h2,4,10-11,15-16,27H,5-8,21H2,1H3,(H2,22,23,24). The Balaban J connectivity index is 1.80. The molecule has 1 saturated carbocycles. The van der Waals surface area contributed by atoms with Gasteiger partial charge in [0.15, 0.2) is 5.65 Å². The number of nitrogens with zero attached hydrogens (tertiary/aromatic N) is 4. The highest BCUT2D eigenvalue weighted by atomic mass is 16.3. The molecule has 7 nitrogen and oxygen atoms in total. The number of nitrogen functional groups attached to an aromatic ring is 2. The van der Waals surface area contributed by atoms with Crippen molar-refractivity contribution < 1.29 is 5.11 Å². The van der Waals surface area contributed by atoms with E-state index in [0.29, 0.717) is 28.2 Å². The van der Waals surface area contributed by atoms with E-state index in [1.807, 2.05) is 29.8 Å². The Labute approximate surface area is 157 Å². The molecule has 0 spiro atoms. The molecule has 1 aliphatic rings. The number of benzene rings is 1. The average molecular weight is 362 g/mol. The highest BCUT2D eigenvalue weighted by molar-refractivity contribution is 5.90. The van der Waals surface area contributed by atoms with Gasteiger partial charge in [-0.2, -0.15) is 5.10 Å². The van der Waals surface area contributed by atoms with Crippen molar-refractivity contribution in [2.45, 2.75) is 44.8 Å². The monoisotopic (exact) mass is 362 g/mol. The van der Waals surface area contributed by atoms with Crippen molar-refractivity contribution in [2.75, 3.05) is 11.5 Å². The number of aryl methyl sites for hydroxylation is 1. The molecule has 5 N–H and O–H groups in total. The largest absolute Gasteiger partial charge is 0.399 e. The van der Waals surface area contributed by atoms with E-state index >= 15 is 0 Å². The maximum atomic E-state index is 9.79. The van der Waals surface area contributed by atoms with Crippen LogP contribution in [0.2, 0.25) is 0 Å². The summed E-state index contributed by atoms with van der Waals surface area (Å²) in [5.41, 5.74) is 15.8. The minimum atomic E-state index is -0.228. The summed E-state index contributed by atoms with van der Waals surface area (Å²) in [6.07, 6.45) is 4.44.